The molecule has 0 saturated heterocycles. The Morgan fingerprint density at radius 1 is 1.10 bits per heavy atom. The molecule has 2 rings (SSSR count). The molecule has 0 aliphatic heterocycles. The number of nitrogens with one attached hydrogen (secondary N) is 1. The lowest BCUT2D eigenvalue weighted by Gasteiger charge is -2.30. The van der Waals surface area contributed by atoms with Crippen LogP contribution in [0.15, 0.2) is 0 Å². The first-order valence-corrected chi connectivity index (χ1v) is 7.77. The molecule has 4 nitrogen and oxygen atoms in total. The van der Waals surface area contributed by atoms with Gasteiger partial charge in [-0.3, -0.25) is 0 Å². The Morgan fingerprint density at radius 2 is 1.75 bits per heavy atom. The van der Waals surface area contributed by atoms with E-state index in [-0.39, 0.29) is 5.60 Å². The number of hydrogen-bond donors (Lipinski definition) is 1. The summed E-state index contributed by atoms with van der Waals surface area (Å²) in [6.45, 7) is 7.09. The van der Waals surface area contributed by atoms with Gasteiger partial charge in [0.05, 0.1) is 0 Å². The normalized spacial score (nSPS) is 18.6. The van der Waals surface area contributed by atoms with Crippen LogP contribution in [0.25, 0.3) is 0 Å². The lowest BCUT2D eigenvalue weighted by Crippen LogP contribution is -2.31. The largest absolute Gasteiger partial charge is 0.370 e. The van der Waals surface area contributed by atoms with Crippen molar-refractivity contribution in [2.45, 2.75) is 64.9 Å². The lowest BCUT2D eigenvalue weighted by molar-refractivity contribution is -0.0351. The molecule has 1 N–H and O–H groups in total. The van der Waals surface area contributed by atoms with Crippen molar-refractivity contribution in [3.8, 4) is 0 Å². The third kappa shape index (κ3) is 2.95. The SMILES string of the molecule is CCNc1nc(C2(OC)CCCCCC2)nc(C)c1C. The van der Waals surface area contributed by atoms with Gasteiger partial charge in [-0.2, -0.15) is 0 Å². The van der Waals surface area contributed by atoms with Gasteiger partial charge in [0.1, 0.15) is 11.4 Å². The number of rotatable bonds is 4. The minimum absolute atomic E-state index is 0.293. The first kappa shape index (κ1) is 15.2. The monoisotopic (exact) mass is 277 g/mol. The Morgan fingerprint density at radius 3 is 2.30 bits per heavy atom. The minimum atomic E-state index is -0.293. The molecule has 1 saturated carbocycles. The average Bonchev–Trinajstić information content (AvgIpc) is 2.70. The quantitative estimate of drug-likeness (QED) is 0.852. The van der Waals surface area contributed by atoms with Gasteiger partial charge in [0, 0.05) is 24.9 Å². The first-order chi connectivity index (χ1) is 9.63. The molecule has 0 amide bonds. The van der Waals surface area contributed by atoms with Gasteiger partial charge in [-0.05, 0) is 33.6 Å². The second kappa shape index (κ2) is 6.53. The van der Waals surface area contributed by atoms with Crippen LogP contribution in [0, 0.1) is 13.8 Å². The minimum Gasteiger partial charge on any atom is -0.370 e. The van der Waals surface area contributed by atoms with Gasteiger partial charge >= 0.3 is 0 Å². The first-order valence-electron chi connectivity index (χ1n) is 7.77. The van der Waals surface area contributed by atoms with Crippen LogP contribution in [0.1, 0.15) is 62.5 Å². The highest BCUT2D eigenvalue weighted by Gasteiger charge is 2.36. The molecule has 20 heavy (non-hydrogen) atoms. The fraction of sp³-hybridized carbons (Fsp3) is 0.750. The van der Waals surface area contributed by atoms with Crippen molar-refractivity contribution in [3.05, 3.63) is 17.1 Å². The Balaban J connectivity index is 2.43. The Kier molecular flexibility index (Phi) is 4.97. The summed E-state index contributed by atoms with van der Waals surface area (Å²) >= 11 is 0. The zero-order chi connectivity index (χ0) is 14.6. The fourth-order valence-corrected chi connectivity index (χ4v) is 2.99. The molecule has 1 fully saturated rings. The van der Waals surface area contributed by atoms with E-state index in [0.29, 0.717) is 0 Å². The summed E-state index contributed by atoms with van der Waals surface area (Å²) in [4.78, 5) is 9.53. The molecule has 112 valence electrons. The van der Waals surface area contributed by atoms with E-state index in [1.807, 2.05) is 0 Å². The van der Waals surface area contributed by atoms with Crippen molar-refractivity contribution in [1.82, 2.24) is 9.97 Å². The Hall–Kier alpha value is -1.16. The second-order valence-electron chi connectivity index (χ2n) is 5.75. The van der Waals surface area contributed by atoms with Gasteiger partial charge in [-0.25, -0.2) is 9.97 Å². The molecule has 0 radical (unpaired) electrons. The smallest absolute Gasteiger partial charge is 0.162 e. The molecule has 0 unspecified atom stereocenters. The van der Waals surface area contributed by atoms with Crippen LogP contribution in [-0.2, 0) is 10.3 Å². The summed E-state index contributed by atoms with van der Waals surface area (Å²) in [6, 6.07) is 0. The van der Waals surface area contributed by atoms with Crippen LogP contribution in [0.5, 0.6) is 0 Å². The maximum Gasteiger partial charge on any atom is 0.162 e. The Bertz CT molecular complexity index is 451. The van der Waals surface area contributed by atoms with E-state index < -0.39 is 0 Å². The standard InChI is InChI=1S/C16H27N3O/c1-5-17-14-12(2)13(3)18-15(19-14)16(20-4)10-8-6-7-9-11-16/h5-11H2,1-4H3,(H,17,18,19). The third-order valence-corrected chi connectivity index (χ3v) is 4.44. The van der Waals surface area contributed by atoms with Gasteiger partial charge < -0.3 is 10.1 Å². The molecule has 0 bridgehead atoms. The molecular formula is C16H27N3O. The van der Waals surface area contributed by atoms with Crippen molar-refractivity contribution in [2.75, 3.05) is 19.0 Å². The number of methoxy groups -OCH3 is 1. The lowest BCUT2D eigenvalue weighted by atomic mass is 9.92. The molecular weight excluding hydrogens is 250 g/mol. The zero-order valence-corrected chi connectivity index (χ0v) is 13.3. The molecule has 1 aliphatic carbocycles. The van der Waals surface area contributed by atoms with Crippen molar-refractivity contribution >= 4 is 5.82 Å². The summed E-state index contributed by atoms with van der Waals surface area (Å²) < 4.78 is 5.92. The highest BCUT2D eigenvalue weighted by Crippen LogP contribution is 2.38. The molecule has 1 heterocycles. The fourth-order valence-electron chi connectivity index (χ4n) is 2.99. The maximum atomic E-state index is 5.92. The number of anilines is 1. The highest BCUT2D eigenvalue weighted by molar-refractivity contribution is 5.45. The van der Waals surface area contributed by atoms with E-state index in [9.17, 15) is 0 Å². The molecule has 1 aliphatic rings. The summed E-state index contributed by atoms with van der Waals surface area (Å²) in [7, 11) is 1.80. The van der Waals surface area contributed by atoms with Crippen LogP contribution in [-0.4, -0.2) is 23.6 Å². The van der Waals surface area contributed by atoms with Crippen LogP contribution >= 0.6 is 0 Å². The van der Waals surface area contributed by atoms with Crippen molar-refractivity contribution < 1.29 is 4.74 Å². The van der Waals surface area contributed by atoms with Gasteiger partial charge in [-0.1, -0.05) is 25.7 Å². The topological polar surface area (TPSA) is 47.0 Å². The summed E-state index contributed by atoms with van der Waals surface area (Å²) in [6.07, 6.45) is 7.02. The predicted molar refractivity (Wildman–Crippen MR) is 82.1 cm³/mol. The van der Waals surface area contributed by atoms with Crippen molar-refractivity contribution in [1.29, 1.82) is 0 Å². The molecule has 4 heteroatoms. The van der Waals surface area contributed by atoms with Crippen molar-refractivity contribution in [3.63, 3.8) is 0 Å². The van der Waals surface area contributed by atoms with Crippen LogP contribution in [0.3, 0.4) is 0 Å². The number of aryl methyl sites for hydroxylation is 1. The molecule has 1 aromatic heterocycles. The number of hydrogen-bond acceptors (Lipinski definition) is 4. The van der Waals surface area contributed by atoms with E-state index in [1.54, 1.807) is 7.11 Å². The highest BCUT2D eigenvalue weighted by atomic mass is 16.5. The molecule has 0 spiro atoms. The number of nitrogens with zero attached hydrogens (tertiary/aromatic N) is 2. The van der Waals surface area contributed by atoms with E-state index in [2.05, 4.69) is 26.1 Å². The molecule has 0 atom stereocenters. The van der Waals surface area contributed by atoms with E-state index in [0.717, 1.165) is 42.3 Å². The Labute approximate surface area is 122 Å². The second-order valence-corrected chi connectivity index (χ2v) is 5.75. The third-order valence-electron chi connectivity index (χ3n) is 4.44. The molecule has 1 aromatic rings. The average molecular weight is 277 g/mol. The van der Waals surface area contributed by atoms with Gasteiger partial charge in [-0.15, -0.1) is 0 Å². The van der Waals surface area contributed by atoms with Crippen molar-refractivity contribution in [2.24, 2.45) is 0 Å². The molecule has 0 aromatic carbocycles. The van der Waals surface area contributed by atoms with Crippen LogP contribution in [0.2, 0.25) is 0 Å². The summed E-state index contributed by atoms with van der Waals surface area (Å²) in [5.74, 6) is 1.82. The van der Waals surface area contributed by atoms with Crippen LogP contribution < -0.4 is 5.32 Å². The van der Waals surface area contributed by atoms with E-state index >= 15 is 0 Å². The number of ether oxygens (including phenoxy) is 1. The maximum absolute atomic E-state index is 5.92. The number of aromatic nitrogens is 2. The van der Waals surface area contributed by atoms with Gasteiger partial charge in [0.25, 0.3) is 0 Å². The summed E-state index contributed by atoms with van der Waals surface area (Å²) in [5.41, 5.74) is 1.89. The predicted octanol–water partition coefficient (Wildman–Crippen LogP) is 3.72. The van der Waals surface area contributed by atoms with E-state index in [4.69, 9.17) is 14.7 Å². The van der Waals surface area contributed by atoms with Gasteiger partial charge in [0.15, 0.2) is 5.82 Å². The van der Waals surface area contributed by atoms with Gasteiger partial charge in [0.2, 0.25) is 0 Å². The van der Waals surface area contributed by atoms with Crippen LogP contribution in [0.4, 0.5) is 5.82 Å². The summed E-state index contributed by atoms with van der Waals surface area (Å²) in [5, 5.41) is 3.35. The zero-order valence-electron chi connectivity index (χ0n) is 13.3. The van der Waals surface area contributed by atoms with E-state index in [1.165, 1.54) is 25.7 Å².